The van der Waals surface area contributed by atoms with E-state index >= 15 is 0 Å². The molecule has 10 rings (SSSR count). The highest BCUT2D eigenvalue weighted by atomic mass is 16.8. The molecule has 290 valence electrons. The summed E-state index contributed by atoms with van der Waals surface area (Å²) in [6.07, 6.45) is 5.40. The molecular weight excluding hydrogens is 668 g/mol. The predicted octanol–water partition coefficient (Wildman–Crippen LogP) is 4.48. The third-order valence-corrected chi connectivity index (χ3v) is 14.5. The summed E-state index contributed by atoms with van der Waals surface area (Å²) in [6, 6.07) is 0. The molecule has 10 fully saturated rings. The maximum atomic E-state index is 14.0. The normalized spacial score (nSPS) is 53.8. The van der Waals surface area contributed by atoms with Crippen LogP contribution in [-0.4, -0.2) is 119 Å². The first kappa shape index (κ1) is 36.4. The van der Waals surface area contributed by atoms with Crippen LogP contribution in [-0.2, 0) is 42.7 Å². The highest BCUT2D eigenvalue weighted by Gasteiger charge is 2.73. The van der Waals surface area contributed by atoms with E-state index in [1.165, 1.54) is 0 Å². The van der Waals surface area contributed by atoms with Crippen LogP contribution in [0.4, 0.5) is 0 Å². The zero-order chi connectivity index (χ0) is 36.1. The average Bonchev–Trinajstić information content (AvgIpc) is 3.73. The van der Waals surface area contributed by atoms with Crippen molar-refractivity contribution in [2.45, 2.75) is 201 Å². The van der Waals surface area contributed by atoms with Gasteiger partial charge in [-0.1, -0.05) is 27.0 Å². The molecule has 0 aromatic heterocycles. The summed E-state index contributed by atoms with van der Waals surface area (Å²) >= 11 is 0. The first-order valence-electron chi connectivity index (χ1n) is 20.4. The summed E-state index contributed by atoms with van der Waals surface area (Å²) in [7, 11) is 0. The van der Waals surface area contributed by atoms with Crippen LogP contribution in [0.5, 0.6) is 0 Å². The molecule has 4 unspecified atom stereocenters. The minimum atomic E-state index is -0.875. The topological polar surface area (TPSA) is 131 Å². The number of hydrogen-bond donors (Lipinski definition) is 2. The molecule has 12 bridgehead atoms. The van der Waals surface area contributed by atoms with E-state index in [9.17, 15) is 15.0 Å². The molecule has 19 atom stereocenters. The Morgan fingerprint density at radius 3 is 2.38 bits per heavy atom. The van der Waals surface area contributed by atoms with Crippen LogP contribution in [0, 0.1) is 17.8 Å². The van der Waals surface area contributed by atoms with Gasteiger partial charge in [-0.05, 0) is 80.8 Å². The monoisotopic (exact) mass is 728 g/mol. The molecule has 10 aliphatic heterocycles. The summed E-state index contributed by atoms with van der Waals surface area (Å²) in [6.45, 7) is 15.1. The van der Waals surface area contributed by atoms with Gasteiger partial charge in [0.2, 0.25) is 0 Å². The third kappa shape index (κ3) is 6.40. The van der Waals surface area contributed by atoms with Crippen LogP contribution < -0.4 is 0 Å². The van der Waals surface area contributed by atoms with E-state index < -0.39 is 17.5 Å². The van der Waals surface area contributed by atoms with E-state index in [1.807, 2.05) is 0 Å². The minimum Gasteiger partial charge on any atom is -0.394 e. The summed E-state index contributed by atoms with van der Waals surface area (Å²) in [5, 5.41) is 20.0. The molecule has 10 saturated heterocycles. The molecule has 0 aliphatic carbocycles. The Labute approximate surface area is 308 Å². The van der Waals surface area contributed by atoms with Crippen LogP contribution in [0.3, 0.4) is 0 Å². The Morgan fingerprint density at radius 1 is 0.788 bits per heavy atom. The zero-order valence-corrected chi connectivity index (χ0v) is 31.2. The SMILES string of the molecule is C=C1C[C@@H]2CCC34C[C@@]5(C)O[C@H]6[C@@H](O3)[C@H]3O[C@H](CC[C@@H]3O[C@H]6[C@H]5O4)CC(=O)CC3[C@H](CC4O[C@@H](CCC1O2)C[C@@H](C)C4=C)O[C@H](C[C@H](O)CO)[C@@H]3C. The number of hydrogen-bond acceptors (Lipinski definition) is 11. The molecule has 0 amide bonds. The van der Waals surface area contributed by atoms with Crippen molar-refractivity contribution in [3.63, 3.8) is 0 Å². The van der Waals surface area contributed by atoms with Gasteiger partial charge in [-0.3, -0.25) is 4.79 Å². The van der Waals surface area contributed by atoms with E-state index in [1.54, 1.807) is 0 Å². The second-order valence-electron chi connectivity index (χ2n) is 18.2. The summed E-state index contributed by atoms with van der Waals surface area (Å²) in [4.78, 5) is 14.0. The van der Waals surface area contributed by atoms with Crippen LogP contribution in [0.1, 0.15) is 104 Å². The Kier molecular flexibility index (Phi) is 9.62. The van der Waals surface area contributed by atoms with Crippen LogP contribution in [0.25, 0.3) is 0 Å². The van der Waals surface area contributed by atoms with Gasteiger partial charge in [-0.25, -0.2) is 0 Å². The highest BCUT2D eigenvalue weighted by molar-refractivity contribution is 5.79. The van der Waals surface area contributed by atoms with E-state index in [-0.39, 0.29) is 104 Å². The van der Waals surface area contributed by atoms with Gasteiger partial charge in [0.05, 0.1) is 61.5 Å². The molecule has 2 N–H and O–H groups in total. The zero-order valence-electron chi connectivity index (χ0n) is 31.2. The van der Waals surface area contributed by atoms with Gasteiger partial charge >= 0.3 is 0 Å². The number of aliphatic hydroxyl groups excluding tert-OH is 2. The molecule has 10 heterocycles. The van der Waals surface area contributed by atoms with E-state index in [4.69, 9.17) is 37.9 Å². The van der Waals surface area contributed by atoms with Crippen molar-refractivity contribution in [2.75, 3.05) is 6.61 Å². The van der Waals surface area contributed by atoms with Crippen molar-refractivity contribution in [3.8, 4) is 0 Å². The molecule has 1 spiro atoms. The van der Waals surface area contributed by atoms with Crippen molar-refractivity contribution < 1.29 is 52.9 Å². The predicted molar refractivity (Wildman–Crippen MR) is 187 cm³/mol. The van der Waals surface area contributed by atoms with Crippen molar-refractivity contribution in [3.05, 3.63) is 24.3 Å². The van der Waals surface area contributed by atoms with E-state index in [0.29, 0.717) is 44.4 Å². The van der Waals surface area contributed by atoms with Gasteiger partial charge in [0.15, 0.2) is 5.79 Å². The fourth-order valence-electron chi connectivity index (χ4n) is 11.7. The number of fused-ring (bicyclic) bond motifs is 6. The second-order valence-corrected chi connectivity index (χ2v) is 18.2. The molecule has 0 aromatic rings. The highest BCUT2D eigenvalue weighted by Crippen LogP contribution is 2.58. The molecular formula is C41H60O11. The van der Waals surface area contributed by atoms with Gasteiger partial charge in [-0.2, -0.15) is 0 Å². The molecule has 52 heavy (non-hydrogen) atoms. The van der Waals surface area contributed by atoms with Crippen LogP contribution in [0.15, 0.2) is 24.3 Å². The summed E-state index contributed by atoms with van der Waals surface area (Å²) < 4.78 is 54.4. The van der Waals surface area contributed by atoms with Gasteiger partial charge in [-0.15, -0.1) is 0 Å². The van der Waals surface area contributed by atoms with Crippen molar-refractivity contribution in [1.82, 2.24) is 0 Å². The fraction of sp³-hybridized carbons (Fsp3) is 0.878. The van der Waals surface area contributed by atoms with Crippen LogP contribution in [0.2, 0.25) is 0 Å². The van der Waals surface area contributed by atoms with Gasteiger partial charge in [0.25, 0.3) is 0 Å². The van der Waals surface area contributed by atoms with E-state index in [0.717, 1.165) is 56.1 Å². The fourth-order valence-corrected chi connectivity index (χ4v) is 11.7. The summed E-state index contributed by atoms with van der Waals surface area (Å²) in [5.41, 5.74) is 1.72. The maximum absolute atomic E-state index is 14.0. The van der Waals surface area contributed by atoms with Crippen LogP contribution >= 0.6 is 0 Å². The largest absolute Gasteiger partial charge is 0.394 e. The third-order valence-electron chi connectivity index (χ3n) is 14.5. The molecule has 11 heteroatoms. The number of carbonyl (C=O) groups is 1. The number of ether oxygens (including phenoxy) is 8. The molecule has 0 saturated carbocycles. The standard InChI is InChI=1S/C41H60O11/c1-20-12-26-6-8-30-21(2)13-28(45-30)10-11-41-19-40(5)39(52-41)38-37(50-40)36(51-41)35-31(49-38)9-7-27(47-35)14-24(43)15-29-23(4)32(16-25(44)18-42)48-34(29)17-33(46-26)22(20)3/h20,23,25-39,42,44H,2-3,6-19H2,1,4-5H3/t20-,23-,25+,26+,27-,28+,29?,30?,31+,32-,33?,34+,35+,36+,37+,38-,39-,40-,41?/m1/s1. The Hall–Kier alpha value is -1.25. The van der Waals surface area contributed by atoms with Crippen molar-refractivity contribution >= 4 is 5.78 Å². The average molecular weight is 729 g/mol. The first-order valence-corrected chi connectivity index (χ1v) is 20.4. The maximum Gasteiger partial charge on any atom is 0.172 e. The van der Waals surface area contributed by atoms with Gasteiger partial charge in [0.1, 0.15) is 41.9 Å². The van der Waals surface area contributed by atoms with E-state index in [2.05, 4.69) is 33.9 Å². The number of rotatable bonds is 3. The number of carbonyl (C=O) groups excluding carboxylic acids is 1. The Morgan fingerprint density at radius 2 is 1.56 bits per heavy atom. The van der Waals surface area contributed by atoms with Gasteiger partial charge < -0.3 is 48.1 Å². The lowest BCUT2D eigenvalue weighted by molar-refractivity contribution is -0.294. The lowest BCUT2D eigenvalue weighted by Crippen LogP contribution is -2.61. The molecule has 0 aromatic carbocycles. The van der Waals surface area contributed by atoms with Gasteiger partial charge in [0, 0.05) is 38.5 Å². The Bertz CT molecular complexity index is 1400. The lowest BCUT2D eigenvalue weighted by Gasteiger charge is -2.47. The first-order chi connectivity index (χ1) is 24.9. The van der Waals surface area contributed by atoms with Crippen molar-refractivity contribution in [1.29, 1.82) is 0 Å². The number of Topliss-reactive ketones (excluding diaryl/α,β-unsaturated/α-hetero) is 1. The molecule has 11 nitrogen and oxygen atoms in total. The summed E-state index contributed by atoms with van der Waals surface area (Å²) in [5.74, 6) is -0.418. The number of aliphatic hydroxyl groups is 2. The quantitative estimate of drug-likeness (QED) is 0.399. The minimum absolute atomic E-state index is 0.0143. The Balaban J connectivity index is 0.994. The van der Waals surface area contributed by atoms with Crippen molar-refractivity contribution in [2.24, 2.45) is 17.8 Å². The smallest absolute Gasteiger partial charge is 0.172 e. The second kappa shape index (κ2) is 13.7. The molecule has 0 radical (unpaired) electrons. The number of ketones is 1. The molecule has 10 aliphatic rings. The lowest BCUT2D eigenvalue weighted by atomic mass is 9.78.